The molecule has 1 heterocycles. The van der Waals surface area contributed by atoms with Crippen molar-refractivity contribution in [3.63, 3.8) is 0 Å². The number of esters is 1. The first-order valence-corrected chi connectivity index (χ1v) is 5.43. The molecule has 0 atom stereocenters. The Morgan fingerprint density at radius 2 is 2.35 bits per heavy atom. The van der Waals surface area contributed by atoms with Crippen LogP contribution in [0.15, 0.2) is 24.3 Å². The summed E-state index contributed by atoms with van der Waals surface area (Å²) in [5.74, 6) is 1.08. The highest BCUT2D eigenvalue weighted by atomic mass is 16.5. The van der Waals surface area contributed by atoms with Crippen molar-refractivity contribution >= 4 is 11.5 Å². The fourth-order valence-electron chi connectivity index (χ4n) is 1.79. The van der Waals surface area contributed by atoms with E-state index in [1.54, 1.807) is 14.0 Å². The highest BCUT2D eigenvalue weighted by Crippen LogP contribution is 2.39. The summed E-state index contributed by atoms with van der Waals surface area (Å²) in [5.41, 5.74) is 1.62. The van der Waals surface area contributed by atoms with Gasteiger partial charge >= 0.3 is 5.97 Å². The summed E-state index contributed by atoms with van der Waals surface area (Å²) >= 11 is 0. The summed E-state index contributed by atoms with van der Waals surface area (Å²) in [6.07, 6.45) is 1.46. The lowest BCUT2D eigenvalue weighted by molar-refractivity contribution is -0.137. The molecular formula is C13H14O4. The van der Waals surface area contributed by atoms with Crippen LogP contribution < -0.4 is 9.47 Å². The van der Waals surface area contributed by atoms with Crippen LogP contribution in [0.1, 0.15) is 12.5 Å². The Hall–Kier alpha value is -1.97. The molecule has 0 spiro atoms. The maximum absolute atomic E-state index is 11.4. The Kier molecular flexibility index (Phi) is 3.32. The monoisotopic (exact) mass is 234 g/mol. The molecule has 2 rings (SSSR count). The molecule has 0 saturated carbocycles. The molecule has 0 saturated heterocycles. The Balaban J connectivity index is 2.35. The van der Waals surface area contributed by atoms with E-state index in [4.69, 9.17) is 14.2 Å². The highest BCUT2D eigenvalue weighted by molar-refractivity contribution is 5.94. The molecule has 1 aliphatic rings. The smallest absolute Gasteiger partial charge is 0.331 e. The maximum Gasteiger partial charge on any atom is 0.331 e. The van der Waals surface area contributed by atoms with Crippen molar-refractivity contribution in [2.24, 2.45) is 0 Å². The van der Waals surface area contributed by atoms with Crippen molar-refractivity contribution < 1.29 is 19.0 Å². The molecule has 1 aromatic rings. The molecule has 4 nitrogen and oxygen atoms in total. The van der Waals surface area contributed by atoms with Gasteiger partial charge in [-0.3, -0.25) is 0 Å². The number of fused-ring (bicyclic) bond motifs is 1. The van der Waals surface area contributed by atoms with Gasteiger partial charge in [0.25, 0.3) is 0 Å². The van der Waals surface area contributed by atoms with Crippen molar-refractivity contribution in [1.82, 2.24) is 0 Å². The van der Waals surface area contributed by atoms with E-state index in [2.05, 4.69) is 0 Å². The summed E-state index contributed by atoms with van der Waals surface area (Å²) in [5, 5.41) is 0. The molecule has 1 aromatic carbocycles. The third-order valence-electron chi connectivity index (χ3n) is 2.49. The number of ether oxygens (including phenoxy) is 3. The number of benzene rings is 1. The molecule has 17 heavy (non-hydrogen) atoms. The minimum atomic E-state index is -0.357. The van der Waals surface area contributed by atoms with Crippen LogP contribution in [0.5, 0.6) is 11.5 Å². The van der Waals surface area contributed by atoms with Crippen LogP contribution in [0.4, 0.5) is 0 Å². The second kappa shape index (κ2) is 4.91. The number of rotatable bonds is 3. The van der Waals surface area contributed by atoms with Gasteiger partial charge in [-0.05, 0) is 19.1 Å². The number of methoxy groups -OCH3 is 1. The largest absolute Gasteiger partial charge is 0.496 e. The lowest BCUT2D eigenvalue weighted by Crippen LogP contribution is -2.02. The SMILES string of the molecule is CCOC(=O)/C=C1\COc2cccc(OC)c21. The predicted molar refractivity (Wildman–Crippen MR) is 63.1 cm³/mol. The van der Waals surface area contributed by atoms with E-state index in [9.17, 15) is 4.79 Å². The van der Waals surface area contributed by atoms with Gasteiger partial charge in [0.05, 0.1) is 19.3 Å². The summed E-state index contributed by atoms with van der Waals surface area (Å²) in [7, 11) is 1.59. The second-order valence-electron chi connectivity index (χ2n) is 3.54. The van der Waals surface area contributed by atoms with Gasteiger partial charge < -0.3 is 14.2 Å². The van der Waals surface area contributed by atoms with Crippen molar-refractivity contribution in [3.8, 4) is 11.5 Å². The minimum absolute atomic E-state index is 0.357. The molecule has 0 amide bonds. The van der Waals surface area contributed by atoms with E-state index in [0.717, 1.165) is 16.9 Å². The van der Waals surface area contributed by atoms with Gasteiger partial charge in [0.15, 0.2) is 0 Å². The first-order valence-electron chi connectivity index (χ1n) is 5.43. The number of carbonyl (C=O) groups is 1. The molecule has 90 valence electrons. The number of hydrogen-bond donors (Lipinski definition) is 0. The predicted octanol–water partition coefficient (Wildman–Crippen LogP) is 2.03. The van der Waals surface area contributed by atoms with E-state index in [1.165, 1.54) is 6.08 Å². The lowest BCUT2D eigenvalue weighted by Gasteiger charge is -2.05. The Bertz CT molecular complexity index is 462. The first kappa shape index (κ1) is 11.5. The average Bonchev–Trinajstić information content (AvgIpc) is 2.73. The molecule has 0 radical (unpaired) electrons. The fourth-order valence-corrected chi connectivity index (χ4v) is 1.79. The molecule has 1 aliphatic heterocycles. The van der Waals surface area contributed by atoms with Crippen molar-refractivity contribution in [3.05, 3.63) is 29.8 Å². The molecule has 0 unspecified atom stereocenters. The molecule has 0 fully saturated rings. The van der Waals surface area contributed by atoms with E-state index >= 15 is 0 Å². The zero-order valence-corrected chi connectivity index (χ0v) is 9.86. The fraction of sp³-hybridized carbons (Fsp3) is 0.308. The summed E-state index contributed by atoms with van der Waals surface area (Å²) in [4.78, 5) is 11.4. The molecule has 4 heteroatoms. The van der Waals surface area contributed by atoms with Crippen LogP contribution in [0.3, 0.4) is 0 Å². The average molecular weight is 234 g/mol. The van der Waals surface area contributed by atoms with Crippen molar-refractivity contribution in [2.45, 2.75) is 6.92 Å². The van der Waals surface area contributed by atoms with Crippen LogP contribution in [-0.2, 0) is 9.53 Å². The van der Waals surface area contributed by atoms with E-state index < -0.39 is 0 Å². The van der Waals surface area contributed by atoms with Gasteiger partial charge in [-0.1, -0.05) is 6.07 Å². The van der Waals surface area contributed by atoms with E-state index in [0.29, 0.717) is 19.0 Å². The standard InChI is InChI=1S/C13H14O4/c1-3-16-12(14)7-9-8-17-11-6-4-5-10(15-2)13(9)11/h4-7H,3,8H2,1-2H3/b9-7+. The van der Waals surface area contributed by atoms with Crippen LogP contribution in [0.25, 0.3) is 5.57 Å². The molecular weight excluding hydrogens is 220 g/mol. The number of hydrogen-bond acceptors (Lipinski definition) is 4. The van der Waals surface area contributed by atoms with Gasteiger partial charge in [-0.15, -0.1) is 0 Å². The van der Waals surface area contributed by atoms with Gasteiger partial charge in [0, 0.05) is 11.6 Å². The molecule has 0 aromatic heterocycles. The Morgan fingerprint density at radius 3 is 3.06 bits per heavy atom. The van der Waals surface area contributed by atoms with Crippen LogP contribution >= 0.6 is 0 Å². The molecule has 0 bridgehead atoms. The van der Waals surface area contributed by atoms with Gasteiger partial charge in [0.2, 0.25) is 0 Å². The quantitative estimate of drug-likeness (QED) is 0.593. The molecule has 0 N–H and O–H groups in total. The zero-order valence-electron chi connectivity index (χ0n) is 9.86. The van der Waals surface area contributed by atoms with E-state index in [-0.39, 0.29) is 5.97 Å². The minimum Gasteiger partial charge on any atom is -0.496 e. The normalized spacial score (nSPS) is 15.3. The van der Waals surface area contributed by atoms with Crippen molar-refractivity contribution in [2.75, 3.05) is 20.3 Å². The van der Waals surface area contributed by atoms with Gasteiger partial charge in [-0.25, -0.2) is 4.79 Å². The van der Waals surface area contributed by atoms with Crippen molar-refractivity contribution in [1.29, 1.82) is 0 Å². The zero-order chi connectivity index (χ0) is 12.3. The third kappa shape index (κ3) is 2.25. The lowest BCUT2D eigenvalue weighted by atomic mass is 10.1. The topological polar surface area (TPSA) is 44.8 Å². The summed E-state index contributed by atoms with van der Waals surface area (Å²) < 4.78 is 15.6. The molecule has 0 aliphatic carbocycles. The Labute approximate surface area is 99.8 Å². The highest BCUT2D eigenvalue weighted by Gasteiger charge is 2.22. The summed E-state index contributed by atoms with van der Waals surface area (Å²) in [6.45, 7) is 2.51. The van der Waals surface area contributed by atoms with Crippen LogP contribution in [-0.4, -0.2) is 26.3 Å². The van der Waals surface area contributed by atoms with E-state index in [1.807, 2.05) is 18.2 Å². The van der Waals surface area contributed by atoms with Gasteiger partial charge in [0.1, 0.15) is 18.1 Å². The summed E-state index contributed by atoms with van der Waals surface area (Å²) in [6, 6.07) is 5.54. The van der Waals surface area contributed by atoms with Gasteiger partial charge in [-0.2, -0.15) is 0 Å². The maximum atomic E-state index is 11.4. The second-order valence-corrected chi connectivity index (χ2v) is 3.54. The Morgan fingerprint density at radius 1 is 1.53 bits per heavy atom. The van der Waals surface area contributed by atoms with Crippen LogP contribution in [0.2, 0.25) is 0 Å². The number of carbonyl (C=O) groups excluding carboxylic acids is 1. The third-order valence-corrected chi connectivity index (χ3v) is 2.49. The van der Waals surface area contributed by atoms with Crippen LogP contribution in [0, 0.1) is 0 Å². The first-order chi connectivity index (χ1) is 8.26.